The highest BCUT2D eigenvalue weighted by atomic mass is 19.3. The number of ether oxygens (including phenoxy) is 1. The van der Waals surface area contributed by atoms with Crippen LogP contribution in [-0.2, 0) is 0 Å². The number of aryl methyl sites for hydroxylation is 1. The Labute approximate surface area is 232 Å². The summed E-state index contributed by atoms with van der Waals surface area (Å²) in [5, 5.41) is 3.10. The van der Waals surface area contributed by atoms with Gasteiger partial charge in [-0.25, -0.2) is 4.98 Å². The van der Waals surface area contributed by atoms with E-state index in [4.69, 9.17) is 0 Å². The van der Waals surface area contributed by atoms with Crippen molar-refractivity contribution in [2.45, 2.75) is 19.5 Å². The molecule has 3 aromatic carbocycles. The Bertz CT molecular complexity index is 1650. The highest BCUT2D eigenvalue weighted by molar-refractivity contribution is 6.04. The molecule has 1 aliphatic rings. The molecule has 1 saturated heterocycles. The van der Waals surface area contributed by atoms with Crippen LogP contribution in [0.4, 0.5) is 28.9 Å². The van der Waals surface area contributed by atoms with Crippen molar-refractivity contribution in [2.24, 2.45) is 0 Å². The van der Waals surface area contributed by atoms with Crippen molar-refractivity contribution in [1.82, 2.24) is 14.5 Å². The second-order valence-corrected chi connectivity index (χ2v) is 9.86. The van der Waals surface area contributed by atoms with Crippen LogP contribution >= 0.6 is 0 Å². The Morgan fingerprint density at radius 1 is 1.02 bits per heavy atom. The zero-order valence-electron chi connectivity index (χ0n) is 22.3. The van der Waals surface area contributed by atoms with E-state index in [1.54, 1.807) is 18.2 Å². The lowest BCUT2D eigenvalue weighted by Crippen LogP contribution is -2.44. The van der Waals surface area contributed by atoms with Gasteiger partial charge in [0.2, 0.25) is 0 Å². The van der Waals surface area contributed by atoms with E-state index in [2.05, 4.69) is 31.9 Å². The first-order valence-corrected chi connectivity index (χ1v) is 12.8. The number of hydrogen-bond acceptors (Lipinski definition) is 6. The minimum absolute atomic E-state index is 0.0873. The number of alkyl halides is 4. The molecule has 0 radical (unpaired) electrons. The molecule has 0 unspecified atom stereocenters. The number of anilines is 2. The molecule has 1 amide bonds. The van der Waals surface area contributed by atoms with Crippen LogP contribution in [0.1, 0.15) is 15.9 Å². The molecule has 0 atom stereocenters. The fraction of sp³-hybridized carbons (Fsp3) is 0.276. The number of likely N-dealkylation sites (N-methyl/N-ethyl adjacent to an activating group) is 1. The van der Waals surface area contributed by atoms with Crippen LogP contribution in [0.3, 0.4) is 0 Å². The molecule has 0 aliphatic carbocycles. The van der Waals surface area contributed by atoms with Crippen LogP contribution in [-0.4, -0.2) is 66.1 Å². The van der Waals surface area contributed by atoms with Gasteiger partial charge < -0.3 is 19.9 Å². The molecule has 41 heavy (non-hydrogen) atoms. The second-order valence-electron chi connectivity index (χ2n) is 9.86. The molecule has 0 bridgehead atoms. The van der Waals surface area contributed by atoms with E-state index in [1.807, 2.05) is 25.1 Å². The van der Waals surface area contributed by atoms with E-state index < -0.39 is 24.2 Å². The number of carbonyl (C=O) groups excluding carboxylic acids is 1. The average molecular weight is 570 g/mol. The number of carbonyl (C=O) groups is 1. The van der Waals surface area contributed by atoms with Gasteiger partial charge in [0.05, 0.1) is 16.6 Å². The number of hydrogen-bond donors (Lipinski definition) is 1. The summed E-state index contributed by atoms with van der Waals surface area (Å²) in [4.78, 5) is 35.4. The molecule has 214 valence electrons. The number of piperazine rings is 1. The number of halogens is 4. The van der Waals surface area contributed by atoms with Gasteiger partial charge >= 0.3 is 12.5 Å². The summed E-state index contributed by atoms with van der Waals surface area (Å²) in [7, 11) is 2.07. The molecule has 1 aliphatic heterocycles. The monoisotopic (exact) mass is 569 g/mol. The smallest absolute Gasteiger partial charge is 0.428 e. The van der Waals surface area contributed by atoms with Crippen molar-refractivity contribution in [1.29, 1.82) is 0 Å². The Hall–Kier alpha value is -4.45. The van der Waals surface area contributed by atoms with Crippen LogP contribution in [0.25, 0.3) is 16.6 Å². The van der Waals surface area contributed by atoms with Crippen molar-refractivity contribution >= 4 is 28.2 Å². The largest absolute Gasteiger partial charge is 0.461 e. The third kappa shape index (κ3) is 6.02. The number of nitrogens with one attached hydrogen (secondary N) is 1. The Kier molecular flexibility index (Phi) is 7.68. The molecule has 0 saturated carbocycles. The Balaban J connectivity index is 1.41. The van der Waals surface area contributed by atoms with E-state index in [-0.39, 0.29) is 11.1 Å². The van der Waals surface area contributed by atoms with Gasteiger partial charge in [-0.15, -0.1) is 0 Å². The van der Waals surface area contributed by atoms with Crippen LogP contribution in [0.2, 0.25) is 0 Å². The van der Waals surface area contributed by atoms with Gasteiger partial charge in [-0.05, 0) is 68.1 Å². The number of fused-ring (bicyclic) bond motifs is 1. The van der Waals surface area contributed by atoms with Crippen LogP contribution in [0, 0.1) is 6.92 Å². The molecule has 1 fully saturated rings. The summed E-state index contributed by atoms with van der Waals surface area (Å²) < 4.78 is 57.1. The fourth-order valence-corrected chi connectivity index (χ4v) is 4.60. The number of amides is 1. The van der Waals surface area contributed by atoms with Crippen molar-refractivity contribution in [3.05, 3.63) is 88.5 Å². The number of aromatic nitrogens is 2. The minimum atomic E-state index is -4.70. The first kappa shape index (κ1) is 28.1. The Morgan fingerprint density at radius 2 is 1.78 bits per heavy atom. The van der Waals surface area contributed by atoms with Gasteiger partial charge in [0.1, 0.15) is 12.1 Å². The molecular weight excluding hydrogens is 542 g/mol. The van der Waals surface area contributed by atoms with Crippen molar-refractivity contribution < 1.29 is 27.1 Å². The summed E-state index contributed by atoms with van der Waals surface area (Å²) >= 11 is 0. The third-order valence-electron chi connectivity index (χ3n) is 6.94. The zero-order valence-corrected chi connectivity index (χ0v) is 22.3. The SMILES string of the molecule is Cc1ccc(NC(=O)c2cccc(OC(F)(F)C(F)F)c2)cc1-n1cnc2ccc(N3CCN(C)CC3)cc2c1=O. The third-order valence-corrected chi connectivity index (χ3v) is 6.94. The fourth-order valence-electron chi connectivity index (χ4n) is 4.60. The van der Waals surface area contributed by atoms with Crippen LogP contribution in [0.15, 0.2) is 71.8 Å². The van der Waals surface area contributed by atoms with Gasteiger partial charge in [-0.3, -0.25) is 14.2 Å². The normalized spacial score (nSPS) is 14.5. The van der Waals surface area contributed by atoms with E-state index in [0.29, 0.717) is 22.3 Å². The summed E-state index contributed by atoms with van der Waals surface area (Å²) in [5.41, 5.74) is 2.69. The summed E-state index contributed by atoms with van der Waals surface area (Å²) in [5.74, 6) is -1.27. The topological polar surface area (TPSA) is 79.7 Å². The molecule has 1 aromatic heterocycles. The van der Waals surface area contributed by atoms with E-state index in [9.17, 15) is 27.2 Å². The van der Waals surface area contributed by atoms with Gasteiger partial charge in [-0.1, -0.05) is 12.1 Å². The number of nitrogens with zero attached hydrogens (tertiary/aromatic N) is 4. The predicted molar refractivity (Wildman–Crippen MR) is 148 cm³/mol. The maximum atomic E-state index is 13.6. The van der Waals surface area contributed by atoms with E-state index in [1.165, 1.54) is 23.0 Å². The lowest BCUT2D eigenvalue weighted by molar-refractivity contribution is -0.253. The van der Waals surface area contributed by atoms with Crippen LogP contribution in [0.5, 0.6) is 5.75 Å². The molecule has 0 spiro atoms. The van der Waals surface area contributed by atoms with Gasteiger partial charge in [0, 0.05) is 43.1 Å². The molecule has 1 N–H and O–H groups in total. The lowest BCUT2D eigenvalue weighted by atomic mass is 10.1. The summed E-state index contributed by atoms with van der Waals surface area (Å²) in [6.07, 6.45) is -7.30. The number of rotatable bonds is 7. The number of benzene rings is 3. The minimum Gasteiger partial charge on any atom is -0.428 e. The van der Waals surface area contributed by atoms with Crippen molar-refractivity contribution in [3.63, 3.8) is 0 Å². The lowest BCUT2D eigenvalue weighted by Gasteiger charge is -2.34. The van der Waals surface area contributed by atoms with Gasteiger partial charge in [0.15, 0.2) is 0 Å². The first-order chi connectivity index (χ1) is 19.5. The molecule has 8 nitrogen and oxygen atoms in total. The highest BCUT2D eigenvalue weighted by Crippen LogP contribution is 2.28. The molecule has 12 heteroatoms. The average Bonchev–Trinajstić information content (AvgIpc) is 2.94. The van der Waals surface area contributed by atoms with Gasteiger partial charge in [-0.2, -0.15) is 17.6 Å². The second kappa shape index (κ2) is 11.2. The highest BCUT2D eigenvalue weighted by Gasteiger charge is 2.44. The van der Waals surface area contributed by atoms with E-state index >= 15 is 0 Å². The summed E-state index contributed by atoms with van der Waals surface area (Å²) in [6, 6.07) is 15.1. The molecule has 2 heterocycles. The van der Waals surface area contributed by atoms with Crippen molar-refractivity contribution in [2.75, 3.05) is 43.4 Å². The van der Waals surface area contributed by atoms with Crippen molar-refractivity contribution in [3.8, 4) is 11.4 Å². The molecule has 4 aromatic rings. The van der Waals surface area contributed by atoms with Gasteiger partial charge in [0.25, 0.3) is 11.5 Å². The zero-order chi connectivity index (χ0) is 29.3. The molecular formula is C29H27F4N5O3. The standard InChI is InChI=1S/C29H27F4N5O3/c1-18-6-7-20(35-26(39)19-4-3-5-22(14-19)41-29(32,33)28(30)31)15-25(18)38-17-34-24-9-8-21(16-23(24)27(38)40)37-12-10-36(2)11-13-37/h3-9,14-17,28H,10-13H2,1-2H3,(H,35,39). The molecule has 5 rings (SSSR count). The maximum Gasteiger partial charge on any atom is 0.461 e. The van der Waals surface area contributed by atoms with Crippen LogP contribution < -0.4 is 20.5 Å². The Morgan fingerprint density at radius 3 is 2.51 bits per heavy atom. The summed E-state index contributed by atoms with van der Waals surface area (Å²) in [6.45, 7) is 5.35. The quantitative estimate of drug-likeness (QED) is 0.318. The maximum absolute atomic E-state index is 13.6. The first-order valence-electron chi connectivity index (χ1n) is 12.8. The predicted octanol–water partition coefficient (Wildman–Crippen LogP) is 4.93. The van der Waals surface area contributed by atoms with E-state index in [0.717, 1.165) is 49.6 Å².